The molecule has 4 rings (SSSR count). The largest absolute Gasteiger partial charge is 0.481 e. The molecule has 190 valence electrons. The van der Waals surface area contributed by atoms with E-state index in [0.717, 1.165) is 24.0 Å². The number of hydrogen-bond acceptors (Lipinski definition) is 5. The number of hydrogen-bond donors (Lipinski definition) is 2. The van der Waals surface area contributed by atoms with E-state index >= 15 is 0 Å². The Hall–Kier alpha value is -3.50. The zero-order valence-electron chi connectivity index (χ0n) is 19.2. The standard InChI is InChI=1S/C26H25F2NO6S/c27-26(28)35-22-6-3-5-21-24(22)19-13-10-17(15-36(29,32)33)14-20(19)25(34-21)18-11-8-16(9-12-18)4-1-2-7-23(30)31/h3,5-6,8-14,25-26H,1-2,4,7,15H2,(H,30,31)(H2,29,32,33). The van der Waals surface area contributed by atoms with Gasteiger partial charge in [-0.05, 0) is 53.6 Å². The molecule has 7 nitrogen and oxygen atoms in total. The molecule has 1 heterocycles. The van der Waals surface area contributed by atoms with Gasteiger partial charge in [0.2, 0.25) is 10.0 Å². The Bertz CT molecular complexity index is 1360. The van der Waals surface area contributed by atoms with Crippen molar-refractivity contribution in [3.05, 3.63) is 82.9 Å². The summed E-state index contributed by atoms with van der Waals surface area (Å²) in [5.74, 6) is -0.882. The molecule has 1 aliphatic heterocycles. The molecule has 3 N–H and O–H groups in total. The normalized spacial score (nSPS) is 14.6. The van der Waals surface area contributed by atoms with Crippen LogP contribution in [0.3, 0.4) is 0 Å². The van der Waals surface area contributed by atoms with E-state index in [-0.39, 0.29) is 17.9 Å². The first kappa shape index (κ1) is 25.6. The quantitative estimate of drug-likeness (QED) is 0.365. The zero-order valence-corrected chi connectivity index (χ0v) is 20.0. The lowest BCUT2D eigenvalue weighted by Gasteiger charge is -2.31. The number of aryl methyl sites for hydroxylation is 1. The average molecular weight is 518 g/mol. The number of carbonyl (C=O) groups is 1. The minimum absolute atomic E-state index is 0.0434. The van der Waals surface area contributed by atoms with Crippen molar-refractivity contribution < 1.29 is 36.6 Å². The highest BCUT2D eigenvalue weighted by Crippen LogP contribution is 2.49. The van der Waals surface area contributed by atoms with Gasteiger partial charge in [0, 0.05) is 12.0 Å². The lowest BCUT2D eigenvalue weighted by atomic mass is 9.87. The van der Waals surface area contributed by atoms with Crippen LogP contribution in [0, 0.1) is 0 Å². The average Bonchev–Trinajstić information content (AvgIpc) is 2.80. The van der Waals surface area contributed by atoms with Crippen LogP contribution in [0.2, 0.25) is 0 Å². The first-order chi connectivity index (χ1) is 17.1. The molecule has 3 aromatic rings. The van der Waals surface area contributed by atoms with Crippen molar-refractivity contribution in [2.24, 2.45) is 5.14 Å². The van der Waals surface area contributed by atoms with Crippen LogP contribution >= 0.6 is 0 Å². The third-order valence-corrected chi connectivity index (χ3v) is 6.61. The topological polar surface area (TPSA) is 116 Å². The van der Waals surface area contributed by atoms with Crippen LogP contribution in [0.4, 0.5) is 8.78 Å². The van der Waals surface area contributed by atoms with Crippen LogP contribution in [0.15, 0.2) is 60.7 Å². The molecule has 10 heteroatoms. The van der Waals surface area contributed by atoms with Gasteiger partial charge in [-0.15, -0.1) is 0 Å². The van der Waals surface area contributed by atoms with E-state index in [1.54, 1.807) is 30.3 Å². The van der Waals surface area contributed by atoms with Crippen molar-refractivity contribution in [3.8, 4) is 22.6 Å². The SMILES string of the molecule is NS(=O)(=O)Cc1ccc2c(c1)C(c1ccc(CCCCC(=O)O)cc1)Oc1cccc(OC(F)F)c1-2. The maximum atomic E-state index is 13.1. The minimum atomic E-state index is -3.79. The molecule has 0 radical (unpaired) electrons. The van der Waals surface area contributed by atoms with Crippen molar-refractivity contribution in [2.45, 2.75) is 44.2 Å². The molecule has 0 aliphatic carbocycles. The summed E-state index contributed by atoms with van der Waals surface area (Å²) in [6.45, 7) is -3.03. The second-order valence-corrected chi connectivity index (χ2v) is 10.2. The summed E-state index contributed by atoms with van der Waals surface area (Å²) in [5, 5.41) is 14.0. The molecule has 0 saturated heterocycles. The molecule has 0 aromatic heterocycles. The van der Waals surface area contributed by atoms with Crippen LogP contribution in [-0.2, 0) is 27.0 Å². The van der Waals surface area contributed by atoms with Gasteiger partial charge in [0.25, 0.3) is 0 Å². The fourth-order valence-corrected chi connectivity index (χ4v) is 4.99. The lowest BCUT2D eigenvalue weighted by molar-refractivity contribution is -0.137. The Labute approximate surface area is 207 Å². The Morgan fingerprint density at radius 3 is 2.44 bits per heavy atom. The summed E-state index contributed by atoms with van der Waals surface area (Å²) < 4.78 is 60.5. The van der Waals surface area contributed by atoms with Gasteiger partial charge >= 0.3 is 12.6 Å². The number of carboxylic acids is 1. The first-order valence-electron chi connectivity index (χ1n) is 11.3. The number of alkyl halides is 2. The number of aliphatic carboxylic acids is 1. The number of sulfonamides is 1. The fourth-order valence-electron chi connectivity index (χ4n) is 4.35. The predicted molar refractivity (Wildman–Crippen MR) is 129 cm³/mol. The van der Waals surface area contributed by atoms with Crippen molar-refractivity contribution in [2.75, 3.05) is 0 Å². The fraction of sp³-hybridized carbons (Fsp3) is 0.269. The minimum Gasteiger partial charge on any atom is -0.481 e. The molecular formula is C26H25F2NO6S. The Morgan fingerprint density at radius 1 is 1.06 bits per heavy atom. The van der Waals surface area contributed by atoms with E-state index in [1.807, 2.05) is 24.3 Å². The first-order valence-corrected chi connectivity index (χ1v) is 13.0. The highest BCUT2D eigenvalue weighted by molar-refractivity contribution is 7.88. The van der Waals surface area contributed by atoms with Crippen LogP contribution in [0.25, 0.3) is 11.1 Å². The molecular weight excluding hydrogens is 492 g/mol. The lowest BCUT2D eigenvalue weighted by Crippen LogP contribution is -2.18. The van der Waals surface area contributed by atoms with E-state index in [0.29, 0.717) is 34.4 Å². The maximum absolute atomic E-state index is 13.1. The second-order valence-electron chi connectivity index (χ2n) is 8.58. The summed E-state index contributed by atoms with van der Waals surface area (Å²) in [5.41, 5.74) is 3.81. The highest BCUT2D eigenvalue weighted by Gasteiger charge is 2.31. The van der Waals surface area contributed by atoms with E-state index in [2.05, 4.69) is 0 Å². The molecule has 1 aliphatic rings. The molecule has 0 fully saturated rings. The van der Waals surface area contributed by atoms with Gasteiger partial charge in [-0.1, -0.05) is 48.5 Å². The summed E-state index contributed by atoms with van der Waals surface area (Å²) >= 11 is 0. The Balaban J connectivity index is 1.70. The smallest absolute Gasteiger partial charge is 0.387 e. The zero-order chi connectivity index (χ0) is 25.9. The Kier molecular flexibility index (Phi) is 7.56. The highest BCUT2D eigenvalue weighted by atomic mass is 32.2. The van der Waals surface area contributed by atoms with Crippen LogP contribution in [0.5, 0.6) is 11.5 Å². The molecule has 1 atom stereocenters. The van der Waals surface area contributed by atoms with Crippen molar-refractivity contribution >= 4 is 16.0 Å². The number of nitrogens with two attached hydrogens (primary N) is 1. The third kappa shape index (κ3) is 6.19. The summed E-state index contributed by atoms with van der Waals surface area (Å²) in [7, 11) is -3.79. The number of fused-ring (bicyclic) bond motifs is 3. The number of halogens is 2. The van der Waals surface area contributed by atoms with E-state index in [1.165, 1.54) is 6.07 Å². The van der Waals surface area contributed by atoms with Crippen LogP contribution in [-0.4, -0.2) is 26.1 Å². The van der Waals surface area contributed by atoms with Crippen LogP contribution < -0.4 is 14.6 Å². The molecule has 1 unspecified atom stereocenters. The van der Waals surface area contributed by atoms with Gasteiger partial charge in [-0.3, -0.25) is 4.79 Å². The maximum Gasteiger partial charge on any atom is 0.387 e. The monoisotopic (exact) mass is 517 g/mol. The molecule has 0 amide bonds. The Morgan fingerprint density at radius 2 is 1.78 bits per heavy atom. The number of primary sulfonamides is 1. The van der Waals surface area contributed by atoms with Gasteiger partial charge in [0.15, 0.2) is 0 Å². The van der Waals surface area contributed by atoms with E-state index < -0.39 is 28.7 Å². The molecule has 0 bridgehead atoms. The van der Waals surface area contributed by atoms with Gasteiger partial charge < -0.3 is 14.6 Å². The van der Waals surface area contributed by atoms with Gasteiger partial charge in [0.1, 0.15) is 17.6 Å². The molecule has 36 heavy (non-hydrogen) atoms. The number of unbranched alkanes of at least 4 members (excludes halogenated alkanes) is 1. The molecule has 0 spiro atoms. The number of carboxylic acid groups (broad SMARTS) is 1. The van der Waals surface area contributed by atoms with Gasteiger partial charge in [-0.25, -0.2) is 13.6 Å². The summed E-state index contributed by atoms with van der Waals surface area (Å²) in [6.07, 6.45) is 1.55. The van der Waals surface area contributed by atoms with E-state index in [4.69, 9.17) is 19.7 Å². The van der Waals surface area contributed by atoms with Crippen molar-refractivity contribution in [3.63, 3.8) is 0 Å². The number of ether oxygens (including phenoxy) is 2. The number of rotatable bonds is 10. The summed E-state index contributed by atoms with van der Waals surface area (Å²) in [6, 6.07) is 17.2. The van der Waals surface area contributed by atoms with Crippen molar-refractivity contribution in [1.29, 1.82) is 0 Å². The molecule has 0 saturated carbocycles. The van der Waals surface area contributed by atoms with Gasteiger partial charge in [-0.2, -0.15) is 8.78 Å². The molecule has 3 aromatic carbocycles. The summed E-state index contributed by atoms with van der Waals surface area (Å²) in [4.78, 5) is 10.7. The second kappa shape index (κ2) is 10.6. The van der Waals surface area contributed by atoms with Gasteiger partial charge in [0.05, 0.1) is 11.3 Å². The van der Waals surface area contributed by atoms with E-state index in [9.17, 15) is 22.0 Å². The predicted octanol–water partition coefficient (Wildman–Crippen LogP) is 5.02. The number of benzene rings is 3. The van der Waals surface area contributed by atoms with Crippen LogP contribution in [0.1, 0.15) is 47.6 Å². The third-order valence-electron chi connectivity index (χ3n) is 5.87. The van der Waals surface area contributed by atoms with Crippen molar-refractivity contribution in [1.82, 2.24) is 0 Å².